The highest BCUT2D eigenvalue weighted by molar-refractivity contribution is 9.09. The largest absolute Gasteiger partial charge is 0.417 e. The van der Waals surface area contributed by atoms with Crippen molar-refractivity contribution in [3.63, 3.8) is 0 Å². The van der Waals surface area contributed by atoms with Crippen LogP contribution in [0.3, 0.4) is 0 Å². The molecule has 0 aliphatic rings. The molecule has 2 nitrogen and oxygen atoms in total. The molecule has 1 aromatic rings. The molecule has 0 saturated carbocycles. The van der Waals surface area contributed by atoms with E-state index in [2.05, 4.69) is 20.9 Å². The number of pyridine rings is 1. The Balaban J connectivity index is 3.11. The third-order valence-electron chi connectivity index (χ3n) is 2.37. The molecule has 0 fully saturated rings. The lowest BCUT2D eigenvalue weighted by atomic mass is 10.2. The van der Waals surface area contributed by atoms with Crippen molar-refractivity contribution in [2.24, 2.45) is 0 Å². The highest BCUT2D eigenvalue weighted by Gasteiger charge is 2.32. The first kappa shape index (κ1) is 15.6. The molecule has 0 N–H and O–H groups in total. The van der Waals surface area contributed by atoms with Gasteiger partial charge in [-0.2, -0.15) is 13.2 Å². The first-order valence-corrected chi connectivity index (χ1v) is 6.82. The molecule has 7 heteroatoms. The number of aromatic nitrogens is 1. The summed E-state index contributed by atoms with van der Waals surface area (Å²) in [5.74, 6) is 0.374. The van der Waals surface area contributed by atoms with E-state index in [9.17, 15) is 13.2 Å². The predicted octanol–water partition coefficient (Wildman–Crippen LogP) is 4.36. The van der Waals surface area contributed by atoms with E-state index in [1.54, 1.807) is 0 Å². The first-order chi connectivity index (χ1) is 8.27. The van der Waals surface area contributed by atoms with E-state index in [0.717, 1.165) is 12.3 Å². The second kappa shape index (κ2) is 6.10. The topological polar surface area (TPSA) is 16.1 Å². The molecule has 1 aromatic heterocycles. The van der Waals surface area contributed by atoms with Crippen molar-refractivity contribution in [1.29, 1.82) is 0 Å². The Morgan fingerprint density at radius 2 is 2.06 bits per heavy atom. The third kappa shape index (κ3) is 3.75. The molecule has 18 heavy (non-hydrogen) atoms. The Hall–Kier alpha value is -0.490. The van der Waals surface area contributed by atoms with Crippen molar-refractivity contribution in [2.45, 2.75) is 26.1 Å². The average molecular weight is 346 g/mol. The molecule has 0 aliphatic heterocycles. The number of anilines is 1. The molecule has 0 amide bonds. The third-order valence-corrected chi connectivity index (χ3v) is 3.00. The van der Waals surface area contributed by atoms with Crippen LogP contribution in [0.4, 0.5) is 19.0 Å². The van der Waals surface area contributed by atoms with E-state index in [1.807, 2.05) is 18.7 Å². The predicted molar refractivity (Wildman–Crippen MR) is 70.5 cm³/mol. The van der Waals surface area contributed by atoms with Crippen molar-refractivity contribution >= 4 is 33.3 Å². The van der Waals surface area contributed by atoms with E-state index < -0.39 is 11.7 Å². The zero-order valence-corrected chi connectivity index (χ0v) is 12.3. The second-order valence-corrected chi connectivity index (χ2v) is 5.20. The van der Waals surface area contributed by atoms with Gasteiger partial charge in [0.05, 0.1) is 10.6 Å². The quantitative estimate of drug-likeness (QED) is 0.754. The summed E-state index contributed by atoms with van der Waals surface area (Å²) < 4.78 is 37.5. The van der Waals surface area contributed by atoms with Gasteiger partial charge in [0.25, 0.3) is 0 Å². The van der Waals surface area contributed by atoms with Crippen molar-refractivity contribution in [1.82, 2.24) is 4.98 Å². The van der Waals surface area contributed by atoms with Crippen LogP contribution in [0.5, 0.6) is 0 Å². The van der Waals surface area contributed by atoms with Gasteiger partial charge in [0.15, 0.2) is 0 Å². The molecule has 0 bridgehead atoms. The molecule has 0 saturated heterocycles. The number of hydrogen-bond acceptors (Lipinski definition) is 2. The van der Waals surface area contributed by atoms with Gasteiger partial charge in [0.2, 0.25) is 0 Å². The van der Waals surface area contributed by atoms with Crippen molar-refractivity contribution in [2.75, 3.05) is 16.8 Å². The molecule has 0 aliphatic carbocycles. The van der Waals surface area contributed by atoms with Crippen LogP contribution in [0.1, 0.15) is 19.4 Å². The highest BCUT2D eigenvalue weighted by atomic mass is 79.9. The summed E-state index contributed by atoms with van der Waals surface area (Å²) in [4.78, 5) is 5.68. The molecular formula is C11H13BrClF3N2. The van der Waals surface area contributed by atoms with Gasteiger partial charge in [-0.1, -0.05) is 27.5 Å². The minimum absolute atomic E-state index is 0.0134. The summed E-state index contributed by atoms with van der Waals surface area (Å²) >= 11 is 9.18. The van der Waals surface area contributed by atoms with Crippen LogP contribution < -0.4 is 4.90 Å². The number of nitrogens with zero attached hydrogens (tertiary/aromatic N) is 2. The standard InChI is InChI=1S/C11H13BrClF3N2/c1-7(2)18(4-3-12)10-9(13)5-8(6-17-10)11(14,15)16/h5-7H,3-4H2,1-2H3. The molecule has 1 rings (SSSR count). The van der Waals surface area contributed by atoms with Crippen LogP contribution in [-0.2, 0) is 6.18 Å². The summed E-state index contributed by atoms with van der Waals surface area (Å²) in [6.07, 6.45) is -3.61. The van der Waals surface area contributed by atoms with Gasteiger partial charge in [-0.05, 0) is 19.9 Å². The molecule has 0 atom stereocenters. The summed E-state index contributed by atoms with van der Waals surface area (Å²) in [6, 6.07) is 1.01. The van der Waals surface area contributed by atoms with Crippen molar-refractivity contribution < 1.29 is 13.2 Å². The van der Waals surface area contributed by atoms with Gasteiger partial charge in [-0.25, -0.2) is 4.98 Å². The van der Waals surface area contributed by atoms with Crippen molar-refractivity contribution in [3.05, 3.63) is 22.8 Å². The van der Waals surface area contributed by atoms with Gasteiger partial charge < -0.3 is 4.90 Å². The van der Waals surface area contributed by atoms with Gasteiger partial charge >= 0.3 is 6.18 Å². The number of hydrogen-bond donors (Lipinski definition) is 0. The smallest absolute Gasteiger partial charge is 0.352 e. The van der Waals surface area contributed by atoms with Crippen LogP contribution in [0.2, 0.25) is 5.02 Å². The zero-order valence-electron chi connectivity index (χ0n) is 9.93. The highest BCUT2D eigenvalue weighted by Crippen LogP contribution is 2.33. The van der Waals surface area contributed by atoms with E-state index in [1.165, 1.54) is 0 Å². The minimum atomic E-state index is -4.42. The maximum atomic E-state index is 12.5. The lowest BCUT2D eigenvalue weighted by Crippen LogP contribution is -2.33. The van der Waals surface area contributed by atoms with E-state index in [0.29, 0.717) is 17.7 Å². The Morgan fingerprint density at radius 1 is 1.44 bits per heavy atom. The fraction of sp³-hybridized carbons (Fsp3) is 0.545. The molecule has 0 unspecified atom stereocenters. The maximum absolute atomic E-state index is 12.5. The van der Waals surface area contributed by atoms with Gasteiger partial charge in [0, 0.05) is 24.1 Å². The fourth-order valence-electron chi connectivity index (χ4n) is 1.50. The lowest BCUT2D eigenvalue weighted by molar-refractivity contribution is -0.137. The van der Waals surface area contributed by atoms with Crippen LogP contribution in [-0.4, -0.2) is 22.9 Å². The van der Waals surface area contributed by atoms with Crippen LogP contribution in [0, 0.1) is 0 Å². The Labute approximate surface area is 117 Å². The monoisotopic (exact) mass is 344 g/mol. The molecular weight excluding hydrogens is 332 g/mol. The number of alkyl halides is 4. The van der Waals surface area contributed by atoms with Gasteiger partial charge in [-0.15, -0.1) is 0 Å². The van der Waals surface area contributed by atoms with Crippen LogP contribution in [0.15, 0.2) is 12.3 Å². The summed E-state index contributed by atoms with van der Waals surface area (Å²) in [7, 11) is 0. The zero-order chi connectivity index (χ0) is 13.9. The lowest BCUT2D eigenvalue weighted by Gasteiger charge is -2.28. The van der Waals surface area contributed by atoms with E-state index >= 15 is 0 Å². The van der Waals surface area contributed by atoms with E-state index in [4.69, 9.17) is 11.6 Å². The molecule has 0 radical (unpaired) electrons. The Bertz CT molecular complexity index is 410. The second-order valence-electron chi connectivity index (χ2n) is 4.00. The summed E-state index contributed by atoms with van der Waals surface area (Å²) in [5, 5.41) is 0.698. The van der Waals surface area contributed by atoms with Crippen LogP contribution >= 0.6 is 27.5 Å². The Kier molecular flexibility index (Phi) is 5.28. The SMILES string of the molecule is CC(C)N(CCBr)c1ncc(C(F)(F)F)cc1Cl. The van der Waals surface area contributed by atoms with Gasteiger partial charge in [-0.3, -0.25) is 0 Å². The van der Waals surface area contributed by atoms with Crippen LogP contribution in [0.25, 0.3) is 0 Å². The minimum Gasteiger partial charge on any atom is -0.352 e. The maximum Gasteiger partial charge on any atom is 0.417 e. The fourth-order valence-corrected chi connectivity index (χ4v) is 2.15. The van der Waals surface area contributed by atoms with Crippen molar-refractivity contribution in [3.8, 4) is 0 Å². The number of rotatable bonds is 4. The molecule has 1 heterocycles. The van der Waals surface area contributed by atoms with Gasteiger partial charge in [0.1, 0.15) is 5.82 Å². The average Bonchev–Trinajstić information content (AvgIpc) is 2.24. The van der Waals surface area contributed by atoms with E-state index in [-0.39, 0.29) is 11.1 Å². The molecule has 102 valence electrons. The first-order valence-electron chi connectivity index (χ1n) is 5.32. The summed E-state index contributed by atoms with van der Waals surface area (Å²) in [6.45, 7) is 4.48. The summed E-state index contributed by atoms with van der Waals surface area (Å²) in [5.41, 5.74) is -0.834. The Morgan fingerprint density at radius 3 is 2.44 bits per heavy atom. The molecule has 0 aromatic carbocycles. The normalized spacial score (nSPS) is 12.0. The number of halogens is 5. The molecule has 0 spiro atoms.